The van der Waals surface area contributed by atoms with Crippen LogP contribution >= 0.6 is 27.3 Å². The van der Waals surface area contributed by atoms with E-state index in [0.29, 0.717) is 0 Å². The van der Waals surface area contributed by atoms with Gasteiger partial charge in [0, 0.05) is 5.56 Å². The van der Waals surface area contributed by atoms with Crippen LogP contribution in [0.1, 0.15) is 0 Å². The summed E-state index contributed by atoms with van der Waals surface area (Å²) in [5, 5.41) is 2.09. The van der Waals surface area contributed by atoms with Gasteiger partial charge < -0.3 is 0 Å². The van der Waals surface area contributed by atoms with Gasteiger partial charge >= 0.3 is 0 Å². The second kappa shape index (κ2) is 3.42. The molecule has 0 bridgehead atoms. The van der Waals surface area contributed by atoms with Gasteiger partial charge in [-0.1, -0.05) is 30.3 Å². The van der Waals surface area contributed by atoms with Crippen LogP contribution in [0.25, 0.3) is 11.1 Å². The van der Waals surface area contributed by atoms with Gasteiger partial charge in [-0.2, -0.15) is 0 Å². The third-order valence-electron chi connectivity index (χ3n) is 1.70. The molecule has 0 saturated carbocycles. The topological polar surface area (TPSA) is 0 Å². The molecule has 0 aliphatic heterocycles. The molecule has 0 aliphatic rings. The van der Waals surface area contributed by atoms with Crippen molar-refractivity contribution < 1.29 is 0 Å². The van der Waals surface area contributed by atoms with Crippen LogP contribution in [-0.2, 0) is 0 Å². The third kappa shape index (κ3) is 1.45. The number of halogens is 1. The van der Waals surface area contributed by atoms with E-state index >= 15 is 0 Å². The predicted molar refractivity (Wildman–Crippen MR) is 57.5 cm³/mol. The molecule has 0 atom stereocenters. The van der Waals surface area contributed by atoms with Crippen molar-refractivity contribution in [3.63, 3.8) is 0 Å². The van der Waals surface area contributed by atoms with Crippen molar-refractivity contribution in [3.05, 3.63) is 45.6 Å². The highest BCUT2D eigenvalue weighted by atomic mass is 79.9. The Bertz CT molecular complexity index is 364. The normalized spacial score (nSPS) is 10.1. The van der Waals surface area contributed by atoms with Crippen LogP contribution in [0.2, 0.25) is 0 Å². The first kappa shape index (κ1) is 8.02. The molecule has 1 heterocycles. The van der Waals surface area contributed by atoms with Crippen LogP contribution in [0.5, 0.6) is 0 Å². The lowest BCUT2D eigenvalue weighted by molar-refractivity contribution is 1.67. The van der Waals surface area contributed by atoms with Gasteiger partial charge in [0.25, 0.3) is 0 Å². The Labute approximate surface area is 84.0 Å². The van der Waals surface area contributed by atoms with Crippen LogP contribution < -0.4 is 0 Å². The Morgan fingerprint density at radius 2 is 1.75 bits per heavy atom. The summed E-state index contributed by atoms with van der Waals surface area (Å²) in [6.07, 6.45) is 0. The van der Waals surface area contributed by atoms with Gasteiger partial charge in [-0.15, -0.1) is 11.3 Å². The molecular weight excluding hydrogens is 232 g/mol. The fraction of sp³-hybridized carbons (Fsp3) is 0. The molecule has 2 aromatic rings. The number of hydrogen-bond acceptors (Lipinski definition) is 1. The summed E-state index contributed by atoms with van der Waals surface area (Å²) in [5.74, 6) is 0. The molecule has 12 heavy (non-hydrogen) atoms. The number of hydrogen-bond donors (Lipinski definition) is 0. The average molecular weight is 239 g/mol. The minimum Gasteiger partial charge on any atom is -0.136 e. The molecule has 1 aromatic heterocycles. The molecule has 60 valence electrons. The molecule has 0 spiro atoms. The maximum absolute atomic E-state index is 3.52. The highest BCUT2D eigenvalue weighted by Crippen LogP contribution is 2.32. The Morgan fingerprint density at radius 1 is 1.00 bits per heavy atom. The zero-order valence-electron chi connectivity index (χ0n) is 6.33. The van der Waals surface area contributed by atoms with E-state index < -0.39 is 0 Å². The van der Waals surface area contributed by atoms with Crippen molar-refractivity contribution in [1.29, 1.82) is 0 Å². The van der Waals surface area contributed by atoms with Crippen molar-refractivity contribution in [2.24, 2.45) is 0 Å². The van der Waals surface area contributed by atoms with Crippen molar-refractivity contribution in [1.82, 2.24) is 0 Å². The summed E-state index contributed by atoms with van der Waals surface area (Å²) in [5.41, 5.74) is 2.55. The second-order valence-electron chi connectivity index (χ2n) is 2.47. The first-order valence-corrected chi connectivity index (χ1v) is 5.33. The minimum atomic E-state index is 1.20. The lowest BCUT2D eigenvalue weighted by Gasteiger charge is -1.96. The van der Waals surface area contributed by atoms with E-state index in [1.807, 2.05) is 6.07 Å². The first-order chi connectivity index (χ1) is 5.88. The predicted octanol–water partition coefficient (Wildman–Crippen LogP) is 4.18. The molecule has 0 saturated heterocycles. The van der Waals surface area contributed by atoms with E-state index in [0.717, 1.165) is 0 Å². The standard InChI is InChI=1S/C10H7BrS/c11-10-9(6-7-12-10)8-4-2-1-3-5-8/h1-7H. The monoisotopic (exact) mass is 238 g/mol. The van der Waals surface area contributed by atoms with E-state index in [-0.39, 0.29) is 0 Å². The average Bonchev–Trinajstić information content (AvgIpc) is 2.53. The minimum absolute atomic E-state index is 1.20. The number of rotatable bonds is 1. The number of thiophene rings is 1. The van der Waals surface area contributed by atoms with Gasteiger partial charge in [-0.25, -0.2) is 0 Å². The highest BCUT2D eigenvalue weighted by molar-refractivity contribution is 9.11. The SMILES string of the molecule is Brc1sccc1-c1ccccc1. The van der Waals surface area contributed by atoms with Crippen LogP contribution in [0.3, 0.4) is 0 Å². The summed E-state index contributed by atoms with van der Waals surface area (Å²) in [6.45, 7) is 0. The van der Waals surface area contributed by atoms with Crippen LogP contribution in [-0.4, -0.2) is 0 Å². The molecule has 1 aromatic carbocycles. The summed E-state index contributed by atoms with van der Waals surface area (Å²) < 4.78 is 1.20. The fourth-order valence-corrected chi connectivity index (χ4v) is 2.44. The smallest absolute Gasteiger partial charge is 0.0776 e. The van der Waals surface area contributed by atoms with E-state index in [1.165, 1.54) is 14.9 Å². The summed E-state index contributed by atoms with van der Waals surface area (Å²) in [6, 6.07) is 12.5. The highest BCUT2D eigenvalue weighted by Gasteiger charge is 2.01. The molecule has 0 radical (unpaired) electrons. The van der Waals surface area contributed by atoms with Crippen LogP contribution in [0.4, 0.5) is 0 Å². The second-order valence-corrected chi connectivity index (χ2v) is 4.71. The maximum atomic E-state index is 3.52. The summed E-state index contributed by atoms with van der Waals surface area (Å²) in [7, 11) is 0. The fourth-order valence-electron chi connectivity index (χ4n) is 1.12. The maximum Gasteiger partial charge on any atom is 0.0776 e. The van der Waals surface area contributed by atoms with Crippen molar-refractivity contribution in [2.45, 2.75) is 0 Å². The van der Waals surface area contributed by atoms with Crippen molar-refractivity contribution in [3.8, 4) is 11.1 Å². The first-order valence-electron chi connectivity index (χ1n) is 3.66. The molecule has 0 aliphatic carbocycles. The molecular formula is C10H7BrS. The van der Waals surface area contributed by atoms with Gasteiger partial charge in [0.2, 0.25) is 0 Å². The van der Waals surface area contributed by atoms with Gasteiger partial charge in [0.05, 0.1) is 3.79 Å². The largest absolute Gasteiger partial charge is 0.136 e. The lowest BCUT2D eigenvalue weighted by Crippen LogP contribution is -1.71. The third-order valence-corrected chi connectivity index (χ3v) is 3.39. The molecule has 0 nitrogen and oxygen atoms in total. The lowest BCUT2D eigenvalue weighted by atomic mass is 10.1. The molecule has 0 amide bonds. The quantitative estimate of drug-likeness (QED) is 0.700. The van der Waals surface area contributed by atoms with Crippen molar-refractivity contribution in [2.75, 3.05) is 0 Å². The molecule has 0 fully saturated rings. The zero-order chi connectivity index (χ0) is 8.39. The molecule has 2 rings (SSSR count). The van der Waals surface area contributed by atoms with Crippen molar-refractivity contribution >= 4 is 27.3 Å². The van der Waals surface area contributed by atoms with E-state index in [9.17, 15) is 0 Å². The summed E-state index contributed by atoms with van der Waals surface area (Å²) >= 11 is 5.24. The van der Waals surface area contributed by atoms with Crippen LogP contribution in [0.15, 0.2) is 45.6 Å². The van der Waals surface area contributed by atoms with Gasteiger partial charge in [-0.05, 0) is 32.9 Å². The van der Waals surface area contributed by atoms with E-state index in [2.05, 4.69) is 51.6 Å². The van der Waals surface area contributed by atoms with Gasteiger partial charge in [-0.3, -0.25) is 0 Å². The molecule has 0 unspecified atom stereocenters. The molecule has 0 N–H and O–H groups in total. The van der Waals surface area contributed by atoms with Gasteiger partial charge in [0.15, 0.2) is 0 Å². The summed E-state index contributed by atoms with van der Waals surface area (Å²) in [4.78, 5) is 0. The van der Waals surface area contributed by atoms with E-state index in [4.69, 9.17) is 0 Å². The Morgan fingerprint density at radius 3 is 2.33 bits per heavy atom. The molecule has 2 heteroatoms. The zero-order valence-corrected chi connectivity index (χ0v) is 8.73. The Balaban J connectivity index is 2.51. The Kier molecular flexibility index (Phi) is 2.28. The number of benzene rings is 1. The Hall–Kier alpha value is -0.600. The van der Waals surface area contributed by atoms with Crippen LogP contribution in [0, 0.1) is 0 Å². The van der Waals surface area contributed by atoms with E-state index in [1.54, 1.807) is 11.3 Å². The van der Waals surface area contributed by atoms with Gasteiger partial charge in [0.1, 0.15) is 0 Å².